The molecule has 144 valence electrons. The molecule has 0 spiro atoms. The van der Waals surface area contributed by atoms with Crippen molar-refractivity contribution in [3.8, 4) is 11.4 Å². The van der Waals surface area contributed by atoms with Gasteiger partial charge in [-0.2, -0.15) is 0 Å². The van der Waals surface area contributed by atoms with Gasteiger partial charge in [0.1, 0.15) is 0 Å². The first kappa shape index (κ1) is 19.0. The molecule has 1 N–H and O–H groups in total. The van der Waals surface area contributed by atoms with Crippen LogP contribution >= 0.6 is 23.4 Å². The molecule has 6 nitrogen and oxygen atoms in total. The first-order valence-corrected chi connectivity index (χ1v) is 10.5. The van der Waals surface area contributed by atoms with Gasteiger partial charge in [0.15, 0.2) is 11.0 Å². The number of hydrogen-bond acceptors (Lipinski definition) is 5. The predicted octanol–water partition coefficient (Wildman–Crippen LogP) is 4.30. The van der Waals surface area contributed by atoms with Crippen LogP contribution in [0.25, 0.3) is 11.4 Å². The minimum Gasteiger partial charge on any atom is -0.349 e. The molecule has 3 aromatic rings. The Morgan fingerprint density at radius 3 is 2.82 bits per heavy atom. The summed E-state index contributed by atoms with van der Waals surface area (Å²) in [5, 5.41) is 13.1. The van der Waals surface area contributed by atoms with Gasteiger partial charge in [-0.05, 0) is 43.5 Å². The number of nitrogens with one attached hydrogen (secondary N) is 1. The third-order valence-corrected chi connectivity index (χ3v) is 5.87. The van der Waals surface area contributed by atoms with Gasteiger partial charge in [0, 0.05) is 29.0 Å². The molecule has 0 saturated heterocycles. The lowest BCUT2D eigenvalue weighted by atomic mass is 10.1. The molecular weight excluding hydrogens is 394 g/mol. The normalized spacial score (nSPS) is 14.6. The van der Waals surface area contributed by atoms with Crippen molar-refractivity contribution in [2.24, 2.45) is 0 Å². The Hall–Kier alpha value is -2.38. The number of aromatic nitrogens is 4. The maximum Gasteiger partial charge on any atom is 0.230 e. The molecule has 1 amide bonds. The minimum absolute atomic E-state index is 0.0642. The van der Waals surface area contributed by atoms with Gasteiger partial charge in [0.25, 0.3) is 0 Å². The van der Waals surface area contributed by atoms with Crippen LogP contribution in [0.2, 0.25) is 5.02 Å². The van der Waals surface area contributed by atoms with Crippen molar-refractivity contribution < 1.29 is 4.79 Å². The summed E-state index contributed by atoms with van der Waals surface area (Å²) >= 11 is 7.62. The SMILES string of the molecule is C[C@@H](NC(=O)CSc1nnc(-c2cccnc2)n1C1CC1)c1ccccc1Cl. The lowest BCUT2D eigenvalue weighted by Gasteiger charge is -2.15. The molecule has 4 rings (SSSR count). The summed E-state index contributed by atoms with van der Waals surface area (Å²) in [6, 6.07) is 11.6. The van der Waals surface area contributed by atoms with Gasteiger partial charge >= 0.3 is 0 Å². The number of nitrogens with zero attached hydrogens (tertiary/aromatic N) is 4. The predicted molar refractivity (Wildman–Crippen MR) is 110 cm³/mol. The van der Waals surface area contributed by atoms with Crippen LogP contribution in [0, 0.1) is 0 Å². The van der Waals surface area contributed by atoms with Crippen LogP contribution in [0.5, 0.6) is 0 Å². The maximum atomic E-state index is 12.4. The molecular formula is C20H20ClN5OS. The summed E-state index contributed by atoms with van der Waals surface area (Å²) in [6.45, 7) is 1.93. The van der Waals surface area contributed by atoms with Gasteiger partial charge in [0.05, 0.1) is 11.8 Å². The van der Waals surface area contributed by atoms with Crippen LogP contribution in [-0.2, 0) is 4.79 Å². The molecule has 1 aromatic carbocycles. The van der Waals surface area contributed by atoms with Gasteiger partial charge < -0.3 is 5.32 Å². The number of carbonyl (C=O) groups is 1. The van der Waals surface area contributed by atoms with E-state index in [0.29, 0.717) is 11.1 Å². The van der Waals surface area contributed by atoms with E-state index in [9.17, 15) is 4.79 Å². The van der Waals surface area contributed by atoms with E-state index in [2.05, 4.69) is 25.1 Å². The largest absolute Gasteiger partial charge is 0.349 e. The van der Waals surface area contributed by atoms with E-state index in [-0.39, 0.29) is 17.7 Å². The van der Waals surface area contributed by atoms with E-state index < -0.39 is 0 Å². The molecule has 2 heterocycles. The number of carbonyl (C=O) groups excluding carboxylic acids is 1. The highest BCUT2D eigenvalue weighted by Gasteiger charge is 2.30. The zero-order valence-corrected chi connectivity index (χ0v) is 17.0. The van der Waals surface area contributed by atoms with E-state index in [1.807, 2.05) is 43.3 Å². The lowest BCUT2D eigenvalue weighted by molar-refractivity contribution is -0.119. The topological polar surface area (TPSA) is 72.7 Å². The molecule has 0 bridgehead atoms. The summed E-state index contributed by atoms with van der Waals surface area (Å²) in [6.07, 6.45) is 5.74. The highest BCUT2D eigenvalue weighted by atomic mass is 35.5. The van der Waals surface area contributed by atoms with Gasteiger partial charge in [0.2, 0.25) is 5.91 Å². The third kappa shape index (κ3) is 4.20. The molecule has 0 aliphatic heterocycles. The van der Waals surface area contributed by atoms with Gasteiger partial charge in [-0.3, -0.25) is 14.3 Å². The fourth-order valence-corrected chi connectivity index (χ4v) is 4.16. The summed E-state index contributed by atoms with van der Waals surface area (Å²) < 4.78 is 2.13. The van der Waals surface area contributed by atoms with E-state index in [4.69, 9.17) is 11.6 Å². The number of amides is 1. The number of halogens is 1. The quantitative estimate of drug-likeness (QED) is 0.584. The van der Waals surface area contributed by atoms with Crippen LogP contribution in [0.1, 0.15) is 37.4 Å². The molecule has 1 atom stereocenters. The average Bonchev–Trinajstić information content (AvgIpc) is 3.46. The van der Waals surface area contributed by atoms with Crippen molar-refractivity contribution in [2.75, 3.05) is 5.75 Å². The van der Waals surface area contributed by atoms with Gasteiger partial charge in [-0.1, -0.05) is 41.6 Å². The zero-order chi connectivity index (χ0) is 19.5. The van der Waals surface area contributed by atoms with Crippen LogP contribution in [0.3, 0.4) is 0 Å². The van der Waals surface area contributed by atoms with Crippen molar-refractivity contribution >= 4 is 29.3 Å². The molecule has 2 aromatic heterocycles. The molecule has 1 fully saturated rings. The molecule has 1 saturated carbocycles. The van der Waals surface area contributed by atoms with Crippen LogP contribution in [-0.4, -0.2) is 31.4 Å². The number of rotatable bonds is 7. The Morgan fingerprint density at radius 2 is 2.11 bits per heavy atom. The Morgan fingerprint density at radius 1 is 1.29 bits per heavy atom. The maximum absolute atomic E-state index is 12.4. The standard InChI is InChI=1S/C20H20ClN5OS/c1-13(16-6-2-3-7-17(16)21)23-18(27)12-28-20-25-24-19(26(20)15-8-9-15)14-5-4-10-22-11-14/h2-7,10-11,13,15H,8-9,12H2,1H3,(H,23,27)/t13-/m1/s1. The Bertz CT molecular complexity index is 974. The number of thioether (sulfide) groups is 1. The number of benzene rings is 1. The molecule has 1 aliphatic rings. The second-order valence-corrected chi connectivity index (χ2v) is 8.10. The summed E-state index contributed by atoms with van der Waals surface area (Å²) in [7, 11) is 0. The van der Waals surface area contributed by atoms with Crippen molar-refractivity contribution in [3.05, 3.63) is 59.4 Å². The Kier molecular flexibility index (Phi) is 5.64. The second-order valence-electron chi connectivity index (χ2n) is 6.75. The summed E-state index contributed by atoms with van der Waals surface area (Å²) in [5.41, 5.74) is 1.84. The second kappa shape index (κ2) is 8.32. The Labute approximate surface area is 172 Å². The molecule has 0 radical (unpaired) electrons. The van der Waals surface area contributed by atoms with Crippen molar-refractivity contribution in [1.29, 1.82) is 0 Å². The highest BCUT2D eigenvalue weighted by molar-refractivity contribution is 7.99. The van der Waals surface area contributed by atoms with E-state index in [0.717, 1.165) is 34.9 Å². The summed E-state index contributed by atoms with van der Waals surface area (Å²) in [5.74, 6) is 1.01. The monoisotopic (exact) mass is 413 g/mol. The van der Waals surface area contributed by atoms with Gasteiger partial charge in [-0.25, -0.2) is 0 Å². The third-order valence-electron chi connectivity index (χ3n) is 4.58. The summed E-state index contributed by atoms with van der Waals surface area (Å²) in [4.78, 5) is 16.6. The molecule has 8 heteroatoms. The van der Waals surface area contributed by atoms with E-state index >= 15 is 0 Å². The van der Waals surface area contributed by atoms with Crippen molar-refractivity contribution in [1.82, 2.24) is 25.1 Å². The Balaban J connectivity index is 1.43. The first-order valence-electron chi connectivity index (χ1n) is 9.15. The fraction of sp³-hybridized carbons (Fsp3) is 0.300. The molecule has 0 unspecified atom stereocenters. The number of pyridine rings is 1. The smallest absolute Gasteiger partial charge is 0.230 e. The minimum atomic E-state index is -0.158. The lowest BCUT2D eigenvalue weighted by Crippen LogP contribution is -2.28. The first-order chi connectivity index (χ1) is 13.6. The fourth-order valence-electron chi connectivity index (χ4n) is 3.05. The van der Waals surface area contributed by atoms with Crippen molar-refractivity contribution in [2.45, 2.75) is 37.0 Å². The average molecular weight is 414 g/mol. The van der Waals surface area contributed by atoms with Crippen LogP contribution < -0.4 is 5.32 Å². The molecule has 28 heavy (non-hydrogen) atoms. The van der Waals surface area contributed by atoms with Gasteiger partial charge in [-0.15, -0.1) is 10.2 Å². The van der Waals surface area contributed by atoms with Crippen LogP contribution in [0.4, 0.5) is 0 Å². The van der Waals surface area contributed by atoms with Crippen molar-refractivity contribution in [3.63, 3.8) is 0 Å². The van der Waals surface area contributed by atoms with E-state index in [1.165, 1.54) is 11.8 Å². The van der Waals surface area contributed by atoms with E-state index in [1.54, 1.807) is 12.4 Å². The van der Waals surface area contributed by atoms with Crippen LogP contribution in [0.15, 0.2) is 53.9 Å². The number of hydrogen-bond donors (Lipinski definition) is 1. The molecule has 1 aliphatic carbocycles. The highest BCUT2D eigenvalue weighted by Crippen LogP contribution is 2.40. The zero-order valence-electron chi connectivity index (χ0n) is 15.4.